The minimum Gasteiger partial charge on any atom is -0.450 e. The molecule has 0 aliphatic carbocycles. The Kier molecular flexibility index (Phi) is 6.33. The number of aromatic nitrogens is 2. The van der Waals surface area contributed by atoms with Crippen molar-refractivity contribution >= 4 is 39.4 Å². The fourth-order valence-electron chi connectivity index (χ4n) is 3.47. The van der Waals surface area contributed by atoms with E-state index in [1.54, 1.807) is 23.1 Å². The zero-order valence-corrected chi connectivity index (χ0v) is 17.7. The molecule has 0 saturated carbocycles. The van der Waals surface area contributed by atoms with Crippen LogP contribution in [0.2, 0.25) is 0 Å². The number of fused-ring (bicyclic) bond motifs is 1. The summed E-state index contributed by atoms with van der Waals surface area (Å²) in [4.78, 5) is 41.1. The van der Waals surface area contributed by atoms with Gasteiger partial charge in [0.05, 0.1) is 16.9 Å². The van der Waals surface area contributed by atoms with E-state index in [2.05, 4.69) is 28.7 Å². The average Bonchev–Trinajstić information content (AvgIpc) is 3.06. The second kappa shape index (κ2) is 8.72. The van der Waals surface area contributed by atoms with Gasteiger partial charge in [-0.1, -0.05) is 0 Å². The third-order valence-corrected chi connectivity index (χ3v) is 6.24. The quantitative estimate of drug-likeness (QED) is 0.761. The van der Waals surface area contributed by atoms with Crippen molar-refractivity contribution in [3.8, 4) is 0 Å². The zero-order valence-electron chi connectivity index (χ0n) is 16.9. The first-order valence-electron chi connectivity index (χ1n) is 9.71. The van der Waals surface area contributed by atoms with Gasteiger partial charge in [-0.15, -0.1) is 11.3 Å². The van der Waals surface area contributed by atoms with Gasteiger partial charge in [-0.2, -0.15) is 0 Å². The average molecular weight is 406 g/mol. The summed E-state index contributed by atoms with van der Waals surface area (Å²) in [6.07, 6.45) is 1.25. The van der Waals surface area contributed by atoms with Crippen LogP contribution < -0.4 is 4.90 Å². The van der Waals surface area contributed by atoms with Crippen LogP contribution in [0.25, 0.3) is 10.2 Å². The molecule has 9 heteroatoms. The lowest BCUT2D eigenvalue weighted by Crippen LogP contribution is -2.50. The molecule has 1 aliphatic rings. The molecule has 0 N–H and O–H groups in total. The second-order valence-electron chi connectivity index (χ2n) is 6.58. The number of rotatable bonds is 5. The number of ether oxygens (including phenoxy) is 1. The Morgan fingerprint density at radius 1 is 1.11 bits per heavy atom. The van der Waals surface area contributed by atoms with Crippen molar-refractivity contribution in [1.29, 1.82) is 0 Å². The highest BCUT2D eigenvalue weighted by molar-refractivity contribution is 7.20. The summed E-state index contributed by atoms with van der Waals surface area (Å²) in [5.74, 6) is 0.879. The summed E-state index contributed by atoms with van der Waals surface area (Å²) >= 11 is 1.42. The van der Waals surface area contributed by atoms with Gasteiger partial charge < -0.3 is 19.4 Å². The molecular weight excluding hydrogens is 378 g/mol. The first-order valence-corrected chi connectivity index (χ1v) is 10.5. The van der Waals surface area contributed by atoms with Gasteiger partial charge in [0, 0.05) is 39.3 Å². The SMILES string of the molecule is CCOC(=O)N1CCN(C(=O)c2sc3ncnc(N(CC)CC)c3c2C)CC1. The van der Waals surface area contributed by atoms with Gasteiger partial charge in [-0.05, 0) is 33.3 Å². The first-order chi connectivity index (χ1) is 13.5. The maximum Gasteiger partial charge on any atom is 0.409 e. The van der Waals surface area contributed by atoms with E-state index in [1.807, 2.05) is 6.92 Å². The summed E-state index contributed by atoms with van der Waals surface area (Å²) in [7, 11) is 0. The molecule has 2 aromatic rings. The molecule has 1 saturated heterocycles. The molecule has 1 fully saturated rings. The number of carbonyl (C=O) groups excluding carboxylic acids is 2. The predicted molar refractivity (Wildman–Crippen MR) is 110 cm³/mol. The lowest BCUT2D eigenvalue weighted by molar-refractivity contribution is 0.0574. The monoisotopic (exact) mass is 405 g/mol. The Hall–Kier alpha value is -2.42. The first kappa shape index (κ1) is 20.3. The van der Waals surface area contributed by atoms with Crippen LogP contribution in [0.4, 0.5) is 10.6 Å². The molecule has 3 rings (SSSR count). The molecule has 2 amide bonds. The van der Waals surface area contributed by atoms with Crippen molar-refractivity contribution in [2.24, 2.45) is 0 Å². The van der Waals surface area contributed by atoms with Gasteiger partial charge in [0.15, 0.2) is 0 Å². The van der Waals surface area contributed by atoms with Crippen LogP contribution in [0.3, 0.4) is 0 Å². The van der Waals surface area contributed by atoms with E-state index in [4.69, 9.17) is 4.74 Å². The molecule has 0 radical (unpaired) electrons. The summed E-state index contributed by atoms with van der Waals surface area (Å²) < 4.78 is 5.04. The van der Waals surface area contributed by atoms with E-state index in [0.717, 1.165) is 34.7 Å². The van der Waals surface area contributed by atoms with Gasteiger partial charge in [-0.3, -0.25) is 4.79 Å². The highest BCUT2D eigenvalue weighted by Gasteiger charge is 2.29. The maximum absolute atomic E-state index is 13.2. The van der Waals surface area contributed by atoms with Gasteiger partial charge in [0.25, 0.3) is 5.91 Å². The van der Waals surface area contributed by atoms with E-state index < -0.39 is 0 Å². The van der Waals surface area contributed by atoms with E-state index in [1.165, 1.54) is 11.3 Å². The highest BCUT2D eigenvalue weighted by atomic mass is 32.1. The minimum atomic E-state index is -0.313. The standard InChI is InChI=1S/C19H27N5O3S/c1-5-22(6-2)16-14-13(4)15(28-17(14)21-12-20-16)18(25)23-8-10-24(11-9-23)19(26)27-7-3/h12H,5-11H2,1-4H3. The van der Waals surface area contributed by atoms with Crippen molar-refractivity contribution in [3.63, 3.8) is 0 Å². The molecule has 152 valence electrons. The Morgan fingerprint density at radius 2 is 1.75 bits per heavy atom. The molecule has 0 atom stereocenters. The summed E-state index contributed by atoms with van der Waals surface area (Å²) in [6, 6.07) is 0. The van der Waals surface area contributed by atoms with Gasteiger partial charge in [0.1, 0.15) is 17.0 Å². The number of thiophene rings is 1. The lowest BCUT2D eigenvalue weighted by atomic mass is 10.1. The fraction of sp³-hybridized carbons (Fsp3) is 0.579. The summed E-state index contributed by atoms with van der Waals surface area (Å²) in [6.45, 7) is 12.0. The van der Waals surface area contributed by atoms with Crippen LogP contribution in [0.15, 0.2) is 6.33 Å². The number of piperazine rings is 1. The lowest BCUT2D eigenvalue weighted by Gasteiger charge is -2.33. The van der Waals surface area contributed by atoms with Crippen LogP contribution >= 0.6 is 11.3 Å². The van der Waals surface area contributed by atoms with E-state index in [-0.39, 0.29) is 12.0 Å². The Morgan fingerprint density at radius 3 is 2.36 bits per heavy atom. The summed E-state index contributed by atoms with van der Waals surface area (Å²) in [5.41, 5.74) is 0.931. The van der Waals surface area contributed by atoms with E-state index in [9.17, 15) is 9.59 Å². The molecule has 28 heavy (non-hydrogen) atoms. The third kappa shape index (κ3) is 3.76. The number of amides is 2. The topological polar surface area (TPSA) is 78.9 Å². The third-order valence-electron chi connectivity index (χ3n) is 5.06. The molecule has 2 aromatic heterocycles. The maximum atomic E-state index is 13.2. The largest absolute Gasteiger partial charge is 0.450 e. The number of hydrogen-bond donors (Lipinski definition) is 0. The number of anilines is 1. The van der Waals surface area contributed by atoms with Crippen molar-refractivity contribution in [3.05, 3.63) is 16.8 Å². The van der Waals surface area contributed by atoms with Crippen LogP contribution in [-0.4, -0.2) is 77.6 Å². The van der Waals surface area contributed by atoms with Crippen molar-refractivity contribution < 1.29 is 14.3 Å². The van der Waals surface area contributed by atoms with Crippen molar-refractivity contribution in [2.75, 3.05) is 50.8 Å². The smallest absolute Gasteiger partial charge is 0.409 e. The molecule has 8 nitrogen and oxygen atoms in total. The molecule has 0 unspecified atom stereocenters. The molecule has 0 spiro atoms. The van der Waals surface area contributed by atoms with E-state index >= 15 is 0 Å². The molecule has 3 heterocycles. The van der Waals surface area contributed by atoms with Crippen LogP contribution in [0.5, 0.6) is 0 Å². The van der Waals surface area contributed by atoms with Gasteiger partial charge in [0.2, 0.25) is 0 Å². The zero-order chi connectivity index (χ0) is 20.3. The van der Waals surface area contributed by atoms with Gasteiger partial charge >= 0.3 is 6.09 Å². The van der Waals surface area contributed by atoms with Crippen molar-refractivity contribution in [2.45, 2.75) is 27.7 Å². The summed E-state index contributed by atoms with van der Waals surface area (Å²) in [5, 5.41) is 0.963. The number of nitrogens with zero attached hydrogens (tertiary/aromatic N) is 5. The van der Waals surface area contributed by atoms with Gasteiger partial charge in [-0.25, -0.2) is 14.8 Å². The van der Waals surface area contributed by atoms with Crippen LogP contribution in [0, 0.1) is 6.92 Å². The highest BCUT2D eigenvalue weighted by Crippen LogP contribution is 2.35. The molecule has 0 bridgehead atoms. The normalized spacial score (nSPS) is 14.4. The fourth-order valence-corrected chi connectivity index (χ4v) is 4.58. The molecule has 1 aliphatic heterocycles. The Labute approximate surface area is 169 Å². The Bertz CT molecular complexity index is 857. The second-order valence-corrected chi connectivity index (χ2v) is 7.58. The van der Waals surface area contributed by atoms with Crippen LogP contribution in [0.1, 0.15) is 36.0 Å². The Balaban J connectivity index is 1.83. The number of aryl methyl sites for hydroxylation is 1. The minimum absolute atomic E-state index is 0.00509. The number of carbonyl (C=O) groups is 2. The molecular formula is C19H27N5O3S. The number of hydrogen-bond acceptors (Lipinski definition) is 7. The predicted octanol–water partition coefficient (Wildman–Crippen LogP) is 2.76. The van der Waals surface area contributed by atoms with Crippen LogP contribution in [-0.2, 0) is 4.74 Å². The van der Waals surface area contributed by atoms with E-state index in [0.29, 0.717) is 37.7 Å². The van der Waals surface area contributed by atoms with Crippen molar-refractivity contribution in [1.82, 2.24) is 19.8 Å². The molecule has 0 aromatic carbocycles.